The Morgan fingerprint density at radius 2 is 2.07 bits per heavy atom. The van der Waals surface area contributed by atoms with Crippen LogP contribution in [0.4, 0.5) is 0 Å². The van der Waals surface area contributed by atoms with Crippen LogP contribution >= 0.6 is 0 Å². The maximum Gasteiger partial charge on any atom is 0.152 e. The number of nitrogens with zero attached hydrogens (tertiary/aromatic N) is 1. The molecule has 2 aliphatic rings. The van der Waals surface area contributed by atoms with E-state index in [1.165, 1.54) is 12.8 Å². The van der Waals surface area contributed by atoms with Crippen molar-refractivity contribution >= 4 is 8.24 Å². The molecule has 76 valence electrons. The van der Waals surface area contributed by atoms with E-state index in [4.69, 9.17) is 0 Å². The van der Waals surface area contributed by atoms with Crippen molar-refractivity contribution in [1.82, 2.24) is 4.57 Å². The van der Waals surface area contributed by atoms with Crippen molar-refractivity contribution < 1.29 is 0 Å². The summed E-state index contributed by atoms with van der Waals surface area (Å²) in [6.07, 6.45) is 14.0. The van der Waals surface area contributed by atoms with E-state index in [1.807, 2.05) is 0 Å². The lowest BCUT2D eigenvalue weighted by atomic mass is 10.1. The fourth-order valence-electron chi connectivity index (χ4n) is 2.21. The fraction of sp³-hybridized carbons (Fsp3) is 0.500. The molecule has 14 heavy (non-hydrogen) atoms. The van der Waals surface area contributed by atoms with Gasteiger partial charge in [-0.1, -0.05) is 37.9 Å². The minimum Gasteiger partial charge on any atom is -0.378 e. The van der Waals surface area contributed by atoms with Gasteiger partial charge in [-0.25, -0.2) is 0 Å². The predicted molar refractivity (Wildman–Crippen MR) is 64.3 cm³/mol. The van der Waals surface area contributed by atoms with Crippen molar-refractivity contribution in [3.05, 3.63) is 36.2 Å². The van der Waals surface area contributed by atoms with Crippen LogP contribution in [0.3, 0.4) is 0 Å². The van der Waals surface area contributed by atoms with Crippen molar-refractivity contribution in [2.24, 2.45) is 5.92 Å². The highest BCUT2D eigenvalue weighted by Gasteiger charge is 2.30. The summed E-state index contributed by atoms with van der Waals surface area (Å²) in [6, 6.07) is 0. The molecule has 0 radical (unpaired) electrons. The van der Waals surface area contributed by atoms with Gasteiger partial charge in [0.2, 0.25) is 0 Å². The summed E-state index contributed by atoms with van der Waals surface area (Å²) in [5, 5.41) is 0. The van der Waals surface area contributed by atoms with E-state index >= 15 is 0 Å². The highest BCUT2D eigenvalue weighted by atomic mass is 28.3. The Morgan fingerprint density at radius 3 is 2.79 bits per heavy atom. The van der Waals surface area contributed by atoms with Crippen LogP contribution < -0.4 is 0 Å². The molecule has 0 saturated heterocycles. The first kappa shape index (κ1) is 9.78. The van der Waals surface area contributed by atoms with E-state index in [-0.39, 0.29) is 0 Å². The van der Waals surface area contributed by atoms with E-state index < -0.39 is 8.24 Å². The van der Waals surface area contributed by atoms with Crippen LogP contribution in [0.2, 0.25) is 19.6 Å². The SMILES string of the molecule is C[Si](C)(C)N1C=CC=CC2CCC=C21. The zero-order valence-electron chi connectivity index (χ0n) is 9.33. The first-order valence-corrected chi connectivity index (χ1v) is 8.88. The number of rotatable bonds is 1. The van der Waals surface area contributed by atoms with Gasteiger partial charge >= 0.3 is 0 Å². The van der Waals surface area contributed by atoms with Gasteiger partial charge in [-0.15, -0.1) is 0 Å². The molecule has 0 aromatic carbocycles. The molecule has 0 N–H and O–H groups in total. The summed E-state index contributed by atoms with van der Waals surface area (Å²) in [5.41, 5.74) is 1.55. The summed E-state index contributed by atoms with van der Waals surface area (Å²) in [7, 11) is -1.24. The first-order valence-electron chi connectivity index (χ1n) is 5.43. The van der Waals surface area contributed by atoms with Gasteiger partial charge in [-0.3, -0.25) is 0 Å². The summed E-state index contributed by atoms with van der Waals surface area (Å²) < 4.78 is 2.55. The second-order valence-corrected chi connectivity index (χ2v) is 9.90. The topological polar surface area (TPSA) is 3.24 Å². The van der Waals surface area contributed by atoms with Crippen molar-refractivity contribution in [1.29, 1.82) is 0 Å². The summed E-state index contributed by atoms with van der Waals surface area (Å²) in [4.78, 5) is 0. The Balaban J connectivity index is 2.33. The van der Waals surface area contributed by atoms with Gasteiger partial charge in [0.05, 0.1) is 0 Å². The third kappa shape index (κ3) is 1.71. The Labute approximate surface area is 87.9 Å². The minimum absolute atomic E-state index is 0.678. The normalized spacial score (nSPS) is 26.1. The molecule has 0 aromatic heterocycles. The van der Waals surface area contributed by atoms with Crippen LogP contribution in [0, 0.1) is 5.92 Å². The highest BCUT2D eigenvalue weighted by Crippen LogP contribution is 2.34. The monoisotopic (exact) mass is 205 g/mol. The Kier molecular flexibility index (Phi) is 2.39. The molecule has 2 heteroatoms. The molecular formula is C12H19NSi. The molecule has 0 saturated carbocycles. The molecule has 0 aromatic rings. The number of hydrogen-bond acceptors (Lipinski definition) is 1. The van der Waals surface area contributed by atoms with Crippen LogP contribution in [-0.2, 0) is 0 Å². The Bertz CT molecular complexity index is 307. The van der Waals surface area contributed by atoms with Gasteiger partial charge in [-0.2, -0.15) is 0 Å². The van der Waals surface area contributed by atoms with Crippen LogP contribution in [0.25, 0.3) is 0 Å². The van der Waals surface area contributed by atoms with E-state index in [9.17, 15) is 0 Å². The lowest BCUT2D eigenvalue weighted by Gasteiger charge is -2.35. The van der Waals surface area contributed by atoms with Gasteiger partial charge in [0.25, 0.3) is 0 Å². The molecular weight excluding hydrogens is 186 g/mol. The molecule has 1 aliphatic heterocycles. The summed E-state index contributed by atoms with van der Waals surface area (Å²) in [5.74, 6) is 0.678. The number of allylic oxidation sites excluding steroid dienone is 4. The molecule has 2 rings (SSSR count). The second kappa shape index (κ2) is 3.43. The van der Waals surface area contributed by atoms with Crippen LogP contribution in [0.5, 0.6) is 0 Å². The predicted octanol–water partition coefficient (Wildman–Crippen LogP) is 3.50. The first-order chi connectivity index (χ1) is 6.59. The van der Waals surface area contributed by atoms with Gasteiger partial charge in [0.1, 0.15) is 0 Å². The Hall–Kier alpha value is -0.763. The lowest BCUT2D eigenvalue weighted by molar-refractivity contribution is 0.590. The van der Waals surface area contributed by atoms with Gasteiger partial charge in [0, 0.05) is 11.6 Å². The molecule has 1 atom stereocenters. The molecule has 0 amide bonds. The molecule has 0 spiro atoms. The zero-order chi connectivity index (χ0) is 10.2. The smallest absolute Gasteiger partial charge is 0.152 e. The molecule has 0 bridgehead atoms. The molecule has 1 unspecified atom stereocenters. The largest absolute Gasteiger partial charge is 0.378 e. The van der Waals surface area contributed by atoms with Crippen molar-refractivity contribution in [3.63, 3.8) is 0 Å². The fourth-order valence-corrected chi connectivity index (χ4v) is 3.78. The summed E-state index contributed by atoms with van der Waals surface area (Å²) >= 11 is 0. The average Bonchev–Trinajstić information content (AvgIpc) is 2.42. The van der Waals surface area contributed by atoms with Gasteiger partial charge in [-0.05, 0) is 25.1 Å². The standard InChI is InChI=1S/C12H19NSi/c1-14(2,3)13-10-5-4-7-11-8-6-9-12(11)13/h4-5,7,9-11H,6,8H2,1-3H3. The van der Waals surface area contributed by atoms with Crippen LogP contribution in [0.15, 0.2) is 36.2 Å². The lowest BCUT2D eigenvalue weighted by Crippen LogP contribution is -2.42. The minimum atomic E-state index is -1.24. The van der Waals surface area contributed by atoms with E-state index in [0.29, 0.717) is 5.92 Å². The molecule has 1 heterocycles. The quantitative estimate of drug-likeness (QED) is 0.592. The molecule has 1 aliphatic carbocycles. The van der Waals surface area contributed by atoms with Gasteiger partial charge < -0.3 is 4.57 Å². The van der Waals surface area contributed by atoms with Crippen LogP contribution in [-0.4, -0.2) is 12.8 Å². The van der Waals surface area contributed by atoms with Gasteiger partial charge in [0.15, 0.2) is 8.24 Å². The van der Waals surface area contributed by atoms with E-state index in [2.05, 4.69) is 54.7 Å². The second-order valence-electron chi connectivity index (χ2n) is 5.08. The Morgan fingerprint density at radius 1 is 1.29 bits per heavy atom. The third-order valence-electron chi connectivity index (χ3n) is 2.90. The van der Waals surface area contributed by atoms with E-state index in [1.54, 1.807) is 5.70 Å². The highest BCUT2D eigenvalue weighted by molar-refractivity contribution is 6.74. The van der Waals surface area contributed by atoms with E-state index in [0.717, 1.165) is 0 Å². The molecule has 0 fully saturated rings. The maximum atomic E-state index is 2.55. The third-order valence-corrected chi connectivity index (χ3v) is 4.75. The number of fused-ring (bicyclic) bond motifs is 1. The molecule has 1 nitrogen and oxygen atoms in total. The van der Waals surface area contributed by atoms with Crippen LogP contribution in [0.1, 0.15) is 12.8 Å². The maximum absolute atomic E-state index is 2.55. The van der Waals surface area contributed by atoms with Crippen molar-refractivity contribution in [3.8, 4) is 0 Å². The van der Waals surface area contributed by atoms with Crippen molar-refractivity contribution in [2.75, 3.05) is 0 Å². The van der Waals surface area contributed by atoms with Crippen molar-refractivity contribution in [2.45, 2.75) is 32.5 Å². The summed E-state index contributed by atoms with van der Waals surface area (Å²) in [6.45, 7) is 7.20. The average molecular weight is 205 g/mol. The number of hydrogen-bond donors (Lipinski definition) is 0. The zero-order valence-corrected chi connectivity index (χ0v) is 10.3.